The number of ether oxygens (including phenoxy) is 1. The number of hydrogen-bond acceptors (Lipinski definition) is 3. The standard InChI is InChI=1S/C19H20ClIN2O2/c1-25-16-6-4-15(5-7-16)22-9-2-10-23(12-11-22)19(24)14-3-8-17(20)18(21)13-14/h3-8,13H,2,9-12H2,1H3. The Hall–Kier alpha value is -1.47. The quantitative estimate of drug-likeness (QED) is 0.627. The van der Waals surface area contributed by atoms with Gasteiger partial charge in [-0.3, -0.25) is 4.79 Å². The first-order valence-electron chi connectivity index (χ1n) is 8.22. The summed E-state index contributed by atoms with van der Waals surface area (Å²) in [5, 5.41) is 0.679. The lowest BCUT2D eigenvalue weighted by Crippen LogP contribution is -2.35. The highest BCUT2D eigenvalue weighted by molar-refractivity contribution is 14.1. The van der Waals surface area contributed by atoms with Gasteiger partial charge in [-0.1, -0.05) is 11.6 Å². The first-order valence-corrected chi connectivity index (χ1v) is 9.67. The molecule has 25 heavy (non-hydrogen) atoms. The van der Waals surface area contributed by atoms with Gasteiger partial charge in [-0.2, -0.15) is 0 Å². The van der Waals surface area contributed by atoms with Crippen LogP contribution >= 0.6 is 34.2 Å². The molecule has 2 aromatic carbocycles. The highest BCUT2D eigenvalue weighted by Gasteiger charge is 2.21. The van der Waals surface area contributed by atoms with Crippen LogP contribution in [0.25, 0.3) is 0 Å². The molecule has 1 heterocycles. The first-order chi connectivity index (χ1) is 12.1. The Morgan fingerprint density at radius 3 is 2.52 bits per heavy atom. The number of hydrogen-bond donors (Lipinski definition) is 0. The number of amides is 1. The molecular weight excluding hydrogens is 451 g/mol. The third-order valence-corrected chi connectivity index (χ3v) is 5.93. The van der Waals surface area contributed by atoms with Crippen molar-refractivity contribution in [3.05, 3.63) is 56.6 Å². The summed E-state index contributed by atoms with van der Waals surface area (Å²) in [6.45, 7) is 3.24. The molecule has 132 valence electrons. The third kappa shape index (κ3) is 4.39. The molecule has 0 aromatic heterocycles. The molecule has 0 bridgehead atoms. The average Bonchev–Trinajstić information content (AvgIpc) is 2.89. The van der Waals surface area contributed by atoms with Gasteiger partial charge in [0.15, 0.2) is 0 Å². The summed E-state index contributed by atoms with van der Waals surface area (Å²) in [5.74, 6) is 0.930. The van der Waals surface area contributed by atoms with Crippen molar-refractivity contribution >= 4 is 45.8 Å². The second kappa shape index (κ2) is 8.27. The van der Waals surface area contributed by atoms with Gasteiger partial charge in [0.1, 0.15) is 5.75 Å². The molecule has 6 heteroatoms. The molecule has 2 aromatic rings. The fourth-order valence-electron chi connectivity index (χ4n) is 2.98. The molecule has 0 atom stereocenters. The van der Waals surface area contributed by atoms with Crippen LogP contribution in [0.5, 0.6) is 5.75 Å². The van der Waals surface area contributed by atoms with E-state index in [1.165, 1.54) is 0 Å². The van der Waals surface area contributed by atoms with Gasteiger partial charge in [0.2, 0.25) is 0 Å². The Balaban J connectivity index is 1.68. The highest BCUT2D eigenvalue weighted by atomic mass is 127. The van der Waals surface area contributed by atoms with Gasteiger partial charge in [0.25, 0.3) is 5.91 Å². The van der Waals surface area contributed by atoms with E-state index in [4.69, 9.17) is 16.3 Å². The maximum atomic E-state index is 12.8. The topological polar surface area (TPSA) is 32.8 Å². The SMILES string of the molecule is COc1ccc(N2CCCN(C(=O)c3ccc(Cl)c(I)c3)CC2)cc1. The van der Waals surface area contributed by atoms with E-state index in [-0.39, 0.29) is 5.91 Å². The van der Waals surface area contributed by atoms with Crippen LogP contribution in [0.2, 0.25) is 5.02 Å². The lowest BCUT2D eigenvalue weighted by molar-refractivity contribution is 0.0767. The summed E-state index contributed by atoms with van der Waals surface area (Å²) in [5.41, 5.74) is 1.86. The van der Waals surface area contributed by atoms with E-state index in [9.17, 15) is 4.79 Å². The van der Waals surface area contributed by atoms with E-state index in [1.807, 2.05) is 23.1 Å². The van der Waals surface area contributed by atoms with Crippen LogP contribution in [-0.4, -0.2) is 44.1 Å². The molecule has 1 aliphatic rings. The minimum absolute atomic E-state index is 0.0752. The molecule has 1 aliphatic heterocycles. The molecule has 3 rings (SSSR count). The number of anilines is 1. The number of halogens is 2. The molecule has 1 saturated heterocycles. The maximum absolute atomic E-state index is 12.8. The smallest absolute Gasteiger partial charge is 0.253 e. The monoisotopic (exact) mass is 470 g/mol. The van der Waals surface area contributed by atoms with E-state index in [2.05, 4.69) is 39.6 Å². The number of carbonyl (C=O) groups excluding carboxylic acids is 1. The molecule has 0 radical (unpaired) electrons. The van der Waals surface area contributed by atoms with Crippen molar-refractivity contribution in [2.45, 2.75) is 6.42 Å². The van der Waals surface area contributed by atoms with Gasteiger partial charge in [-0.05, 0) is 71.5 Å². The lowest BCUT2D eigenvalue weighted by atomic mass is 10.2. The molecule has 1 amide bonds. The Bertz CT molecular complexity index is 752. The predicted molar refractivity (Wildman–Crippen MR) is 110 cm³/mol. The molecule has 0 saturated carbocycles. The minimum atomic E-state index is 0.0752. The summed E-state index contributed by atoms with van der Waals surface area (Å²) in [4.78, 5) is 17.0. The van der Waals surface area contributed by atoms with E-state index in [1.54, 1.807) is 19.2 Å². The van der Waals surface area contributed by atoms with Crippen molar-refractivity contribution < 1.29 is 9.53 Å². The van der Waals surface area contributed by atoms with Gasteiger partial charge in [0, 0.05) is 41.0 Å². The van der Waals surface area contributed by atoms with Gasteiger partial charge in [0.05, 0.1) is 12.1 Å². The van der Waals surface area contributed by atoms with Crippen LogP contribution in [0, 0.1) is 3.57 Å². The average molecular weight is 471 g/mol. The number of rotatable bonds is 3. The van der Waals surface area contributed by atoms with Crippen molar-refractivity contribution in [1.82, 2.24) is 4.90 Å². The van der Waals surface area contributed by atoms with Crippen LogP contribution in [0.3, 0.4) is 0 Å². The Kier molecular flexibility index (Phi) is 6.06. The Labute approximate surface area is 166 Å². The minimum Gasteiger partial charge on any atom is -0.497 e. The molecule has 0 aliphatic carbocycles. The highest BCUT2D eigenvalue weighted by Crippen LogP contribution is 2.23. The number of carbonyl (C=O) groups is 1. The fraction of sp³-hybridized carbons (Fsp3) is 0.316. The number of methoxy groups -OCH3 is 1. The van der Waals surface area contributed by atoms with Gasteiger partial charge in [-0.15, -0.1) is 0 Å². The predicted octanol–water partition coefficient (Wildman–Crippen LogP) is 4.31. The zero-order valence-electron chi connectivity index (χ0n) is 14.0. The van der Waals surface area contributed by atoms with Crippen molar-refractivity contribution in [3.8, 4) is 5.75 Å². The van der Waals surface area contributed by atoms with Crippen molar-refractivity contribution in [1.29, 1.82) is 0 Å². The van der Waals surface area contributed by atoms with E-state index < -0.39 is 0 Å². The van der Waals surface area contributed by atoms with Crippen molar-refractivity contribution in [2.24, 2.45) is 0 Å². The normalized spacial score (nSPS) is 15.0. The van der Waals surface area contributed by atoms with Crippen LogP contribution in [-0.2, 0) is 0 Å². The number of benzene rings is 2. The number of nitrogens with zero attached hydrogens (tertiary/aromatic N) is 2. The molecular formula is C19H20ClIN2O2. The Morgan fingerprint density at radius 2 is 1.84 bits per heavy atom. The van der Waals surface area contributed by atoms with Crippen LogP contribution < -0.4 is 9.64 Å². The summed E-state index contributed by atoms with van der Waals surface area (Å²) in [7, 11) is 1.67. The van der Waals surface area contributed by atoms with Gasteiger partial charge in [-0.25, -0.2) is 0 Å². The maximum Gasteiger partial charge on any atom is 0.253 e. The fourth-order valence-corrected chi connectivity index (χ4v) is 3.62. The van der Waals surface area contributed by atoms with Crippen LogP contribution in [0.1, 0.15) is 16.8 Å². The third-order valence-electron chi connectivity index (χ3n) is 4.39. The summed E-state index contributed by atoms with van der Waals surface area (Å²) in [6.07, 6.45) is 0.947. The zero-order chi connectivity index (χ0) is 17.8. The summed E-state index contributed by atoms with van der Waals surface area (Å²) in [6, 6.07) is 13.5. The zero-order valence-corrected chi connectivity index (χ0v) is 17.0. The molecule has 0 unspecified atom stereocenters. The Morgan fingerprint density at radius 1 is 1.08 bits per heavy atom. The van der Waals surface area contributed by atoms with Crippen LogP contribution in [0.15, 0.2) is 42.5 Å². The van der Waals surface area contributed by atoms with Gasteiger partial charge < -0.3 is 14.5 Å². The summed E-state index contributed by atoms with van der Waals surface area (Å²) < 4.78 is 6.12. The summed E-state index contributed by atoms with van der Waals surface area (Å²) >= 11 is 8.22. The van der Waals surface area contributed by atoms with Crippen molar-refractivity contribution in [3.63, 3.8) is 0 Å². The van der Waals surface area contributed by atoms with E-state index in [0.29, 0.717) is 17.1 Å². The molecule has 1 fully saturated rings. The van der Waals surface area contributed by atoms with E-state index >= 15 is 0 Å². The van der Waals surface area contributed by atoms with E-state index in [0.717, 1.165) is 41.1 Å². The van der Waals surface area contributed by atoms with Crippen molar-refractivity contribution in [2.75, 3.05) is 38.2 Å². The second-order valence-corrected chi connectivity index (χ2v) is 7.53. The largest absolute Gasteiger partial charge is 0.497 e. The van der Waals surface area contributed by atoms with Gasteiger partial charge >= 0.3 is 0 Å². The molecule has 4 nitrogen and oxygen atoms in total. The second-order valence-electron chi connectivity index (χ2n) is 5.96. The molecule has 0 N–H and O–H groups in total. The molecule has 0 spiro atoms. The first kappa shape index (κ1) is 18.3. The lowest BCUT2D eigenvalue weighted by Gasteiger charge is -2.24. The van der Waals surface area contributed by atoms with Crippen LogP contribution in [0.4, 0.5) is 5.69 Å².